The molecule has 4 aromatic rings. The number of rotatable bonds is 11. The third kappa shape index (κ3) is 8.39. The van der Waals surface area contributed by atoms with Crippen molar-refractivity contribution >= 4 is 23.0 Å². The van der Waals surface area contributed by atoms with Gasteiger partial charge >= 0.3 is 5.97 Å². The van der Waals surface area contributed by atoms with Gasteiger partial charge in [0.25, 0.3) is 0 Å². The van der Waals surface area contributed by atoms with Gasteiger partial charge in [0.2, 0.25) is 17.5 Å². The van der Waals surface area contributed by atoms with Crippen LogP contribution in [-0.4, -0.2) is 144 Å². The van der Waals surface area contributed by atoms with E-state index in [2.05, 4.69) is 0 Å². The zero-order chi connectivity index (χ0) is 41.3. The maximum atomic E-state index is 14.0. The minimum Gasteiger partial charge on any atom is -0.508 e. The van der Waals surface area contributed by atoms with Crippen molar-refractivity contribution in [3.63, 3.8) is 0 Å². The second-order valence-corrected chi connectivity index (χ2v) is 13.0. The van der Waals surface area contributed by atoms with Crippen LogP contribution in [0.25, 0.3) is 28.4 Å². The van der Waals surface area contributed by atoms with Crippen LogP contribution in [0.1, 0.15) is 5.56 Å². The number of carbonyl (C=O) groups is 1. The normalized spacial score (nSPS) is 27.7. The molecule has 0 amide bonds. The molecular formula is C37H38O20. The van der Waals surface area contributed by atoms with Crippen molar-refractivity contribution in [1.29, 1.82) is 0 Å². The Labute approximate surface area is 320 Å². The number of aliphatic hydroxyl groups excluding tert-OH is 6. The van der Waals surface area contributed by atoms with Gasteiger partial charge < -0.3 is 89.0 Å². The van der Waals surface area contributed by atoms with Gasteiger partial charge in [-0.2, -0.15) is 0 Å². The van der Waals surface area contributed by atoms with E-state index < -0.39 is 126 Å². The molecule has 0 saturated carbocycles. The quantitative estimate of drug-likeness (QED) is 0.0505. The summed E-state index contributed by atoms with van der Waals surface area (Å²) in [6.07, 6.45) is -16.7. The van der Waals surface area contributed by atoms with E-state index in [1.54, 1.807) is 0 Å². The van der Waals surface area contributed by atoms with Crippen LogP contribution in [0.5, 0.6) is 40.2 Å². The largest absolute Gasteiger partial charge is 0.508 e. The molecule has 11 N–H and O–H groups in total. The maximum absolute atomic E-state index is 14.0. The van der Waals surface area contributed by atoms with Crippen molar-refractivity contribution in [3.8, 4) is 51.6 Å². The lowest BCUT2D eigenvalue weighted by Crippen LogP contribution is -2.65. The number of phenolic OH excluding ortho intramolecular Hbond substituents is 5. The molecule has 20 nitrogen and oxygen atoms in total. The first-order valence-electron chi connectivity index (χ1n) is 17.0. The Bertz CT molecular complexity index is 2180. The lowest BCUT2D eigenvalue weighted by molar-refractivity contribution is -0.358. The van der Waals surface area contributed by atoms with Crippen molar-refractivity contribution < 1.29 is 93.8 Å². The molecule has 2 fully saturated rings. The number of esters is 1. The fourth-order valence-electron chi connectivity index (χ4n) is 6.14. The van der Waals surface area contributed by atoms with Crippen LogP contribution in [0.4, 0.5) is 0 Å². The molecule has 6 rings (SSSR count). The zero-order valence-electron chi connectivity index (χ0n) is 29.6. The van der Waals surface area contributed by atoms with Crippen LogP contribution >= 0.6 is 0 Å². The number of carbonyl (C=O) groups excluding carboxylic acids is 1. The Morgan fingerprint density at radius 3 is 2.18 bits per heavy atom. The Morgan fingerprint density at radius 1 is 0.772 bits per heavy atom. The third-order valence-corrected chi connectivity index (χ3v) is 9.18. The van der Waals surface area contributed by atoms with E-state index >= 15 is 0 Å². The SMILES string of the molecule is COc1cc(/C=C\C(=O)OC[C@@H]2O[C@@H](O[C@H]3[C@@H](Oc4c(-c5ccc(O)c(O)c5)oc5cc(O)cc(O)c5c4=O)O[C@@H](CO)[C@@H](O)[C@@H]3O)[C@H](O)[C@@H](O)[C@@H]2O)ccc1O. The van der Waals surface area contributed by atoms with Crippen molar-refractivity contribution in [3.05, 3.63) is 70.4 Å². The third-order valence-electron chi connectivity index (χ3n) is 9.18. The summed E-state index contributed by atoms with van der Waals surface area (Å²) in [6, 6.07) is 9.31. The van der Waals surface area contributed by atoms with Crippen LogP contribution in [-0.2, 0) is 23.7 Å². The van der Waals surface area contributed by atoms with E-state index in [4.69, 9.17) is 32.8 Å². The van der Waals surface area contributed by atoms with Gasteiger partial charge in [0.05, 0.1) is 13.7 Å². The molecule has 57 heavy (non-hydrogen) atoms. The van der Waals surface area contributed by atoms with Gasteiger partial charge in [0.1, 0.15) is 71.8 Å². The molecule has 1 aromatic heterocycles. The van der Waals surface area contributed by atoms with Gasteiger partial charge in [0, 0.05) is 23.8 Å². The fourth-order valence-corrected chi connectivity index (χ4v) is 6.14. The van der Waals surface area contributed by atoms with Gasteiger partial charge in [-0.15, -0.1) is 0 Å². The number of aromatic hydroxyl groups is 5. The summed E-state index contributed by atoms with van der Waals surface area (Å²) in [4.78, 5) is 26.5. The molecule has 2 aliphatic rings. The van der Waals surface area contributed by atoms with E-state index in [-0.39, 0.29) is 22.6 Å². The molecule has 2 saturated heterocycles. The van der Waals surface area contributed by atoms with Crippen LogP contribution in [0.15, 0.2) is 63.8 Å². The number of methoxy groups -OCH3 is 1. The summed E-state index contributed by atoms with van der Waals surface area (Å²) < 4.78 is 39.0. The van der Waals surface area contributed by atoms with Gasteiger partial charge in [-0.25, -0.2) is 4.79 Å². The first kappa shape index (κ1) is 41.0. The predicted octanol–water partition coefficient (Wildman–Crippen LogP) is -0.736. The molecule has 0 unspecified atom stereocenters. The van der Waals surface area contributed by atoms with E-state index in [0.717, 1.165) is 30.3 Å². The molecular weight excluding hydrogens is 764 g/mol. The molecule has 3 heterocycles. The highest BCUT2D eigenvalue weighted by Crippen LogP contribution is 2.40. The summed E-state index contributed by atoms with van der Waals surface area (Å²) in [5, 5.41) is 114. The van der Waals surface area contributed by atoms with Gasteiger partial charge in [-0.1, -0.05) is 6.07 Å². The molecule has 0 radical (unpaired) electrons. The van der Waals surface area contributed by atoms with Crippen LogP contribution in [0, 0.1) is 0 Å². The number of phenols is 5. The standard InChI is InChI=1S/C37H38O20/c1-51-21-8-14(2-5-18(21)41)3-7-25(44)52-13-24-28(46)30(48)32(50)36(55-24)57-35-31(49)27(45)23(12-38)54-37(35)56-34-29(47)26-20(43)10-16(39)11-22(26)53-33(34)15-4-6-17(40)19(42)9-15/h2-11,23-24,27-28,30-32,35-43,45-46,48-50H,12-13H2,1H3/b7-3-/t23-,24-,27+,28+,30-,31-,32+,35+,36-,37+/m0/s1. The van der Waals surface area contributed by atoms with Crippen LogP contribution < -0.4 is 14.9 Å². The van der Waals surface area contributed by atoms with Gasteiger partial charge in [0.15, 0.2) is 41.2 Å². The molecule has 0 aliphatic carbocycles. The molecule has 20 heteroatoms. The Kier molecular flexibility index (Phi) is 12.1. The zero-order valence-corrected chi connectivity index (χ0v) is 29.6. The first-order chi connectivity index (χ1) is 27.1. The average Bonchev–Trinajstić information content (AvgIpc) is 3.18. The van der Waals surface area contributed by atoms with E-state index in [9.17, 15) is 65.8 Å². The molecule has 306 valence electrons. The monoisotopic (exact) mass is 802 g/mol. The van der Waals surface area contributed by atoms with Gasteiger partial charge in [-0.05, 0) is 42.0 Å². The molecule has 0 spiro atoms. The number of hydrogen-bond donors (Lipinski definition) is 11. The summed E-state index contributed by atoms with van der Waals surface area (Å²) >= 11 is 0. The van der Waals surface area contributed by atoms with Crippen molar-refractivity contribution in [2.45, 2.75) is 61.4 Å². The smallest absolute Gasteiger partial charge is 0.330 e. The average molecular weight is 803 g/mol. The van der Waals surface area contributed by atoms with E-state index in [1.165, 1.54) is 37.5 Å². The summed E-state index contributed by atoms with van der Waals surface area (Å²) in [7, 11) is 1.34. The van der Waals surface area contributed by atoms with Crippen molar-refractivity contribution in [2.24, 2.45) is 0 Å². The van der Waals surface area contributed by atoms with Crippen LogP contribution in [0.2, 0.25) is 0 Å². The molecule has 10 atom stereocenters. The maximum Gasteiger partial charge on any atom is 0.330 e. The van der Waals surface area contributed by atoms with Crippen molar-refractivity contribution in [1.82, 2.24) is 0 Å². The highest BCUT2D eigenvalue weighted by atomic mass is 16.8. The predicted molar refractivity (Wildman–Crippen MR) is 189 cm³/mol. The molecule has 0 bridgehead atoms. The summed E-state index contributed by atoms with van der Waals surface area (Å²) in [6.45, 7) is -1.63. The highest BCUT2D eigenvalue weighted by molar-refractivity contribution is 5.88. The minimum absolute atomic E-state index is 0.104. The highest BCUT2D eigenvalue weighted by Gasteiger charge is 2.52. The summed E-state index contributed by atoms with van der Waals surface area (Å²) in [5.74, 6) is -4.65. The topological polar surface area (TPSA) is 325 Å². The molecule has 3 aromatic carbocycles. The van der Waals surface area contributed by atoms with Gasteiger partial charge in [-0.3, -0.25) is 4.79 Å². The fraction of sp³-hybridized carbons (Fsp3) is 0.351. The Morgan fingerprint density at radius 2 is 1.47 bits per heavy atom. The second kappa shape index (κ2) is 16.8. The first-order valence-corrected chi connectivity index (χ1v) is 17.0. The van der Waals surface area contributed by atoms with E-state index in [0.29, 0.717) is 5.56 Å². The summed E-state index contributed by atoms with van der Waals surface area (Å²) in [5.41, 5.74) is -1.12. The lowest BCUT2D eigenvalue weighted by Gasteiger charge is -2.45. The number of ether oxygens (including phenoxy) is 6. The van der Waals surface area contributed by atoms with E-state index in [1.807, 2.05) is 0 Å². The Balaban J connectivity index is 1.28. The van der Waals surface area contributed by atoms with Crippen molar-refractivity contribution in [2.75, 3.05) is 20.3 Å². The lowest BCUT2D eigenvalue weighted by atomic mass is 9.97. The number of fused-ring (bicyclic) bond motifs is 1. The minimum atomic E-state index is -2.07. The number of hydrogen-bond acceptors (Lipinski definition) is 20. The number of benzene rings is 3. The van der Waals surface area contributed by atoms with Crippen LogP contribution in [0.3, 0.4) is 0 Å². The second-order valence-electron chi connectivity index (χ2n) is 13.0. The Hall–Kier alpha value is -5.68. The number of aliphatic hydroxyl groups is 6. The molecule has 2 aliphatic heterocycles.